The average Bonchev–Trinajstić information content (AvgIpc) is 2.87. The van der Waals surface area contributed by atoms with Gasteiger partial charge in [0, 0.05) is 6.42 Å². The molecule has 0 spiro atoms. The van der Waals surface area contributed by atoms with E-state index in [0.29, 0.717) is 30.3 Å². The molecule has 2 aromatic rings. The van der Waals surface area contributed by atoms with Crippen LogP contribution in [0.5, 0.6) is 11.5 Å². The van der Waals surface area contributed by atoms with Gasteiger partial charge in [0.25, 0.3) is 5.91 Å². The van der Waals surface area contributed by atoms with E-state index in [0.717, 1.165) is 23.5 Å². The van der Waals surface area contributed by atoms with Crippen molar-refractivity contribution in [3.63, 3.8) is 0 Å². The van der Waals surface area contributed by atoms with E-state index in [1.165, 1.54) is 12.1 Å². The molecule has 0 bridgehead atoms. The lowest BCUT2D eigenvalue weighted by atomic mass is 9.91. The number of carbonyl (C=O) groups is 2. The lowest BCUT2D eigenvalue weighted by molar-refractivity contribution is -0.137. The molecular formula is C21H19F3N2O4. The predicted molar refractivity (Wildman–Crippen MR) is 99.9 cm³/mol. The molecule has 0 aliphatic carbocycles. The van der Waals surface area contributed by atoms with Crippen LogP contribution in [0.15, 0.2) is 42.5 Å². The van der Waals surface area contributed by atoms with Crippen molar-refractivity contribution in [2.45, 2.75) is 31.6 Å². The zero-order valence-electron chi connectivity index (χ0n) is 16.1. The molecule has 4 rings (SSSR count). The van der Waals surface area contributed by atoms with Crippen LogP contribution in [0.3, 0.4) is 0 Å². The maximum atomic E-state index is 13.1. The Morgan fingerprint density at radius 1 is 1.07 bits per heavy atom. The second-order valence-electron chi connectivity index (χ2n) is 7.36. The van der Waals surface area contributed by atoms with E-state index in [9.17, 15) is 22.8 Å². The number of amides is 3. The van der Waals surface area contributed by atoms with Gasteiger partial charge in [-0.05, 0) is 42.3 Å². The second-order valence-corrected chi connectivity index (χ2v) is 7.36. The van der Waals surface area contributed by atoms with Crippen LogP contribution in [0, 0.1) is 0 Å². The van der Waals surface area contributed by atoms with Crippen molar-refractivity contribution in [2.24, 2.45) is 0 Å². The number of nitrogens with one attached hydrogen (secondary N) is 1. The number of hydrogen-bond donors (Lipinski definition) is 1. The van der Waals surface area contributed by atoms with Crippen LogP contribution in [-0.4, -0.2) is 30.1 Å². The second kappa shape index (κ2) is 7.23. The summed E-state index contributed by atoms with van der Waals surface area (Å²) in [6, 6.07) is 8.88. The SMILES string of the molecule is C[C@]1(c2ccc3c(c2)OCCCO3)NC(=O)N(Cc2cccc(C(F)(F)F)c2)C1=O. The molecule has 2 aliphatic heterocycles. The van der Waals surface area contributed by atoms with Crippen molar-refractivity contribution in [1.29, 1.82) is 0 Å². The summed E-state index contributed by atoms with van der Waals surface area (Å²) in [6.45, 7) is 2.27. The molecule has 1 atom stereocenters. The van der Waals surface area contributed by atoms with Crippen molar-refractivity contribution in [1.82, 2.24) is 10.2 Å². The van der Waals surface area contributed by atoms with Crippen LogP contribution in [0.2, 0.25) is 0 Å². The fraction of sp³-hybridized carbons (Fsp3) is 0.333. The van der Waals surface area contributed by atoms with Crippen molar-refractivity contribution in [3.8, 4) is 11.5 Å². The van der Waals surface area contributed by atoms with Gasteiger partial charge in [-0.1, -0.05) is 18.2 Å². The number of halogens is 3. The Hall–Kier alpha value is -3.23. The summed E-state index contributed by atoms with van der Waals surface area (Å²) < 4.78 is 50.1. The van der Waals surface area contributed by atoms with E-state index in [2.05, 4.69) is 5.32 Å². The fourth-order valence-corrected chi connectivity index (χ4v) is 3.54. The molecule has 6 nitrogen and oxygen atoms in total. The zero-order valence-corrected chi connectivity index (χ0v) is 16.1. The van der Waals surface area contributed by atoms with Gasteiger partial charge in [0.1, 0.15) is 5.54 Å². The van der Waals surface area contributed by atoms with Crippen molar-refractivity contribution in [3.05, 3.63) is 59.2 Å². The van der Waals surface area contributed by atoms with E-state index in [-0.39, 0.29) is 12.1 Å². The fourth-order valence-electron chi connectivity index (χ4n) is 3.54. The molecular weight excluding hydrogens is 401 g/mol. The largest absolute Gasteiger partial charge is 0.490 e. The zero-order chi connectivity index (χ0) is 21.5. The van der Waals surface area contributed by atoms with Gasteiger partial charge in [-0.3, -0.25) is 9.69 Å². The third-order valence-corrected chi connectivity index (χ3v) is 5.19. The monoisotopic (exact) mass is 420 g/mol. The summed E-state index contributed by atoms with van der Waals surface area (Å²) in [7, 11) is 0. The quantitative estimate of drug-likeness (QED) is 0.767. The van der Waals surface area contributed by atoms with Crippen LogP contribution in [0.4, 0.5) is 18.0 Å². The van der Waals surface area contributed by atoms with E-state index in [1.54, 1.807) is 25.1 Å². The predicted octanol–water partition coefficient (Wildman–Crippen LogP) is 3.83. The van der Waals surface area contributed by atoms with E-state index in [1.807, 2.05) is 0 Å². The molecule has 2 heterocycles. The number of urea groups is 1. The Morgan fingerprint density at radius 2 is 1.80 bits per heavy atom. The Kier molecular flexibility index (Phi) is 4.83. The van der Waals surface area contributed by atoms with Gasteiger partial charge in [-0.15, -0.1) is 0 Å². The van der Waals surface area contributed by atoms with Crippen molar-refractivity contribution >= 4 is 11.9 Å². The summed E-state index contributed by atoms with van der Waals surface area (Å²) in [5.74, 6) is 0.474. The number of ether oxygens (including phenoxy) is 2. The highest BCUT2D eigenvalue weighted by molar-refractivity contribution is 6.07. The van der Waals surface area contributed by atoms with Crippen LogP contribution >= 0.6 is 0 Å². The number of hydrogen-bond acceptors (Lipinski definition) is 4. The Labute approximate surface area is 170 Å². The summed E-state index contributed by atoms with van der Waals surface area (Å²) in [5.41, 5.74) is -1.51. The molecule has 2 aromatic carbocycles. The topological polar surface area (TPSA) is 67.9 Å². The van der Waals surface area contributed by atoms with Crippen LogP contribution in [-0.2, 0) is 23.1 Å². The lowest BCUT2D eigenvalue weighted by Gasteiger charge is -2.23. The van der Waals surface area contributed by atoms with Gasteiger partial charge in [0.05, 0.1) is 25.3 Å². The standard InChI is InChI=1S/C21H19F3N2O4/c1-20(14-6-7-16-17(11-14)30-9-3-8-29-16)18(27)26(19(28)25-20)12-13-4-2-5-15(10-13)21(22,23)24/h2,4-7,10-11H,3,8-9,12H2,1H3,(H,25,28)/t20-/m1/s1. The van der Waals surface area contributed by atoms with E-state index < -0.39 is 29.2 Å². The number of nitrogens with zero attached hydrogens (tertiary/aromatic N) is 1. The number of benzene rings is 2. The lowest BCUT2D eigenvalue weighted by Crippen LogP contribution is -2.40. The number of carbonyl (C=O) groups excluding carboxylic acids is 2. The Morgan fingerprint density at radius 3 is 2.53 bits per heavy atom. The molecule has 3 amide bonds. The minimum Gasteiger partial charge on any atom is -0.490 e. The number of fused-ring (bicyclic) bond motifs is 1. The molecule has 0 aromatic heterocycles. The van der Waals surface area contributed by atoms with Gasteiger partial charge in [0.2, 0.25) is 0 Å². The normalized spacial score (nSPS) is 21.4. The molecule has 0 radical (unpaired) electrons. The first-order valence-electron chi connectivity index (χ1n) is 9.39. The highest BCUT2D eigenvalue weighted by Crippen LogP contribution is 2.37. The first-order chi connectivity index (χ1) is 14.2. The van der Waals surface area contributed by atoms with Crippen molar-refractivity contribution in [2.75, 3.05) is 13.2 Å². The van der Waals surface area contributed by atoms with Crippen LogP contribution < -0.4 is 14.8 Å². The summed E-state index contributed by atoms with van der Waals surface area (Å²) in [4.78, 5) is 26.5. The molecule has 2 aliphatic rings. The average molecular weight is 420 g/mol. The molecule has 9 heteroatoms. The molecule has 1 N–H and O–H groups in total. The Balaban J connectivity index is 1.60. The third kappa shape index (κ3) is 3.55. The number of alkyl halides is 3. The summed E-state index contributed by atoms with van der Waals surface area (Å²) in [5, 5.41) is 2.65. The van der Waals surface area contributed by atoms with Crippen LogP contribution in [0.25, 0.3) is 0 Å². The maximum Gasteiger partial charge on any atom is 0.416 e. The molecule has 30 heavy (non-hydrogen) atoms. The van der Waals surface area contributed by atoms with Gasteiger partial charge in [-0.25, -0.2) is 4.79 Å². The molecule has 0 saturated carbocycles. The third-order valence-electron chi connectivity index (χ3n) is 5.19. The maximum absolute atomic E-state index is 13.1. The minimum atomic E-state index is -4.51. The van der Waals surface area contributed by atoms with Gasteiger partial charge >= 0.3 is 12.2 Å². The Bertz CT molecular complexity index is 1010. The summed E-state index contributed by atoms with van der Waals surface area (Å²) >= 11 is 0. The van der Waals surface area contributed by atoms with Gasteiger partial charge in [-0.2, -0.15) is 13.2 Å². The first-order valence-corrected chi connectivity index (χ1v) is 9.39. The summed E-state index contributed by atoms with van der Waals surface area (Å²) in [6.07, 6.45) is -3.78. The molecule has 1 fully saturated rings. The highest BCUT2D eigenvalue weighted by atomic mass is 19.4. The number of rotatable bonds is 3. The first kappa shape index (κ1) is 20.1. The molecule has 158 valence electrons. The van der Waals surface area contributed by atoms with Crippen molar-refractivity contribution < 1.29 is 32.2 Å². The van der Waals surface area contributed by atoms with Gasteiger partial charge < -0.3 is 14.8 Å². The molecule has 0 unspecified atom stereocenters. The minimum absolute atomic E-state index is 0.205. The van der Waals surface area contributed by atoms with Gasteiger partial charge in [0.15, 0.2) is 11.5 Å². The van der Waals surface area contributed by atoms with Crippen LogP contribution in [0.1, 0.15) is 30.0 Å². The number of imide groups is 1. The van der Waals surface area contributed by atoms with E-state index >= 15 is 0 Å². The molecule has 1 saturated heterocycles. The highest BCUT2D eigenvalue weighted by Gasteiger charge is 2.49. The smallest absolute Gasteiger partial charge is 0.416 e. The van der Waals surface area contributed by atoms with E-state index in [4.69, 9.17) is 9.47 Å².